The van der Waals surface area contributed by atoms with E-state index >= 15 is 0 Å². The van der Waals surface area contributed by atoms with Gasteiger partial charge < -0.3 is 14.9 Å². The van der Waals surface area contributed by atoms with Crippen molar-refractivity contribution in [1.82, 2.24) is 9.80 Å². The minimum absolute atomic E-state index is 0.199. The average Bonchev–Trinajstić information content (AvgIpc) is 2.53. The zero-order chi connectivity index (χ0) is 17.2. The summed E-state index contributed by atoms with van der Waals surface area (Å²) in [7, 11) is 0. The van der Waals surface area contributed by atoms with E-state index in [0.29, 0.717) is 31.7 Å². The lowest BCUT2D eigenvalue weighted by Crippen LogP contribution is -2.54. The van der Waals surface area contributed by atoms with Gasteiger partial charge in [-0.3, -0.25) is 9.59 Å². The van der Waals surface area contributed by atoms with Crippen LogP contribution in [0.4, 0.5) is 4.39 Å². The molecule has 23 heavy (non-hydrogen) atoms. The van der Waals surface area contributed by atoms with Gasteiger partial charge in [-0.25, -0.2) is 4.39 Å². The van der Waals surface area contributed by atoms with Crippen molar-refractivity contribution in [3.8, 4) is 0 Å². The van der Waals surface area contributed by atoms with E-state index in [4.69, 9.17) is 16.7 Å². The average molecular weight is 343 g/mol. The SMILES string of the molecule is CC(C)(C(=O)N1CCN(C(=O)CO)CC1)c1ccc(Cl)cc1F. The third kappa shape index (κ3) is 3.64. The molecule has 5 nitrogen and oxygen atoms in total. The number of rotatable bonds is 3. The number of carbonyl (C=O) groups is 2. The number of carbonyl (C=O) groups excluding carboxylic acids is 2. The van der Waals surface area contributed by atoms with Crippen LogP contribution in [-0.4, -0.2) is 59.5 Å². The molecule has 1 N–H and O–H groups in total. The molecule has 0 saturated carbocycles. The van der Waals surface area contributed by atoms with E-state index in [9.17, 15) is 14.0 Å². The van der Waals surface area contributed by atoms with Crippen LogP contribution in [0.5, 0.6) is 0 Å². The van der Waals surface area contributed by atoms with E-state index in [1.807, 2.05) is 0 Å². The molecule has 1 aliphatic rings. The Morgan fingerprint density at radius 1 is 1.22 bits per heavy atom. The van der Waals surface area contributed by atoms with Gasteiger partial charge in [0, 0.05) is 36.8 Å². The first-order valence-corrected chi connectivity index (χ1v) is 7.78. The van der Waals surface area contributed by atoms with Crippen LogP contribution in [0.25, 0.3) is 0 Å². The molecule has 1 aromatic carbocycles. The largest absolute Gasteiger partial charge is 0.387 e. The van der Waals surface area contributed by atoms with Gasteiger partial charge in [0.2, 0.25) is 11.8 Å². The number of piperazine rings is 1. The number of hydrogen-bond acceptors (Lipinski definition) is 3. The summed E-state index contributed by atoms with van der Waals surface area (Å²) in [4.78, 5) is 27.4. The molecule has 2 rings (SSSR count). The Bertz CT molecular complexity index is 613. The first-order valence-electron chi connectivity index (χ1n) is 7.41. The molecule has 0 atom stereocenters. The first-order chi connectivity index (χ1) is 10.8. The van der Waals surface area contributed by atoms with E-state index in [2.05, 4.69) is 0 Å². The Labute approximate surface area is 139 Å². The van der Waals surface area contributed by atoms with Gasteiger partial charge in [0.05, 0.1) is 5.41 Å². The fourth-order valence-corrected chi connectivity index (χ4v) is 2.92. The second-order valence-electron chi connectivity index (χ2n) is 6.08. The molecule has 0 bridgehead atoms. The fourth-order valence-electron chi connectivity index (χ4n) is 2.77. The van der Waals surface area contributed by atoms with Crippen molar-refractivity contribution in [3.05, 3.63) is 34.6 Å². The topological polar surface area (TPSA) is 60.9 Å². The molecule has 1 aromatic rings. The maximum Gasteiger partial charge on any atom is 0.248 e. The van der Waals surface area contributed by atoms with E-state index in [1.165, 1.54) is 17.0 Å². The maximum atomic E-state index is 14.2. The minimum atomic E-state index is -1.03. The van der Waals surface area contributed by atoms with E-state index in [1.54, 1.807) is 24.8 Å². The van der Waals surface area contributed by atoms with Gasteiger partial charge in [-0.1, -0.05) is 17.7 Å². The number of hydrogen-bond donors (Lipinski definition) is 1. The predicted octanol–water partition coefficient (Wildman–Crippen LogP) is 1.42. The molecule has 0 aromatic heterocycles. The molecule has 1 saturated heterocycles. The Morgan fingerprint density at radius 2 is 1.78 bits per heavy atom. The van der Waals surface area contributed by atoms with Crippen molar-refractivity contribution in [2.45, 2.75) is 19.3 Å². The summed E-state index contributed by atoms with van der Waals surface area (Å²) in [5.41, 5.74) is -0.738. The van der Waals surface area contributed by atoms with Crippen molar-refractivity contribution in [3.63, 3.8) is 0 Å². The third-order valence-corrected chi connectivity index (χ3v) is 4.43. The summed E-state index contributed by atoms with van der Waals surface area (Å²) in [6.07, 6.45) is 0. The van der Waals surface area contributed by atoms with Crippen molar-refractivity contribution in [2.75, 3.05) is 32.8 Å². The summed E-state index contributed by atoms with van der Waals surface area (Å²) in [5.74, 6) is -1.06. The van der Waals surface area contributed by atoms with E-state index in [-0.39, 0.29) is 16.8 Å². The minimum Gasteiger partial charge on any atom is -0.387 e. The van der Waals surface area contributed by atoms with Crippen LogP contribution in [0.15, 0.2) is 18.2 Å². The predicted molar refractivity (Wildman–Crippen MR) is 84.7 cm³/mol. The number of aliphatic hydroxyl groups excluding tert-OH is 1. The van der Waals surface area contributed by atoms with Gasteiger partial charge in [-0.2, -0.15) is 0 Å². The molecular formula is C16H20ClFN2O3. The van der Waals surface area contributed by atoms with Crippen LogP contribution in [-0.2, 0) is 15.0 Å². The highest BCUT2D eigenvalue weighted by Gasteiger charge is 2.37. The number of halogens is 2. The van der Waals surface area contributed by atoms with Crippen LogP contribution in [0.3, 0.4) is 0 Å². The monoisotopic (exact) mass is 342 g/mol. The Hall–Kier alpha value is -1.66. The fraction of sp³-hybridized carbons (Fsp3) is 0.500. The summed E-state index contributed by atoms with van der Waals surface area (Å²) in [6.45, 7) is 4.27. The lowest BCUT2D eigenvalue weighted by Gasteiger charge is -2.38. The van der Waals surface area contributed by atoms with Crippen molar-refractivity contribution in [1.29, 1.82) is 0 Å². The van der Waals surface area contributed by atoms with Gasteiger partial charge in [0.1, 0.15) is 12.4 Å². The Balaban J connectivity index is 2.12. The Morgan fingerprint density at radius 3 is 2.30 bits per heavy atom. The normalized spacial score (nSPS) is 15.7. The van der Waals surface area contributed by atoms with Gasteiger partial charge in [0.25, 0.3) is 0 Å². The molecule has 0 radical (unpaired) electrons. The molecular weight excluding hydrogens is 323 g/mol. The second kappa shape index (κ2) is 6.84. The summed E-state index contributed by atoms with van der Waals surface area (Å²) in [6, 6.07) is 4.29. The zero-order valence-electron chi connectivity index (χ0n) is 13.2. The smallest absolute Gasteiger partial charge is 0.248 e. The highest BCUT2D eigenvalue weighted by Crippen LogP contribution is 2.30. The lowest BCUT2D eigenvalue weighted by atomic mass is 9.82. The third-order valence-electron chi connectivity index (χ3n) is 4.19. The highest BCUT2D eigenvalue weighted by molar-refractivity contribution is 6.30. The van der Waals surface area contributed by atoms with Crippen LogP contribution < -0.4 is 0 Å². The molecule has 7 heteroatoms. The van der Waals surface area contributed by atoms with E-state index < -0.39 is 17.8 Å². The molecule has 0 spiro atoms. The summed E-state index contributed by atoms with van der Waals surface area (Å²) in [5, 5.41) is 9.15. The molecule has 1 fully saturated rings. The van der Waals surface area contributed by atoms with Gasteiger partial charge >= 0.3 is 0 Å². The molecule has 0 aliphatic carbocycles. The number of amides is 2. The van der Waals surface area contributed by atoms with Crippen molar-refractivity contribution in [2.24, 2.45) is 0 Å². The van der Waals surface area contributed by atoms with Gasteiger partial charge in [-0.05, 0) is 26.0 Å². The zero-order valence-corrected chi connectivity index (χ0v) is 13.9. The van der Waals surface area contributed by atoms with Crippen molar-refractivity contribution < 1.29 is 19.1 Å². The lowest BCUT2D eigenvalue weighted by molar-refractivity contribution is -0.143. The highest BCUT2D eigenvalue weighted by atomic mass is 35.5. The quantitative estimate of drug-likeness (QED) is 0.903. The van der Waals surface area contributed by atoms with Crippen LogP contribution in [0, 0.1) is 5.82 Å². The molecule has 126 valence electrons. The maximum absolute atomic E-state index is 14.2. The molecule has 1 heterocycles. The summed E-state index contributed by atoms with van der Waals surface area (Å²) < 4.78 is 14.2. The molecule has 2 amide bonds. The first kappa shape index (κ1) is 17.7. The second-order valence-corrected chi connectivity index (χ2v) is 6.52. The van der Waals surface area contributed by atoms with Crippen LogP contribution >= 0.6 is 11.6 Å². The van der Waals surface area contributed by atoms with Crippen LogP contribution in [0.2, 0.25) is 5.02 Å². The van der Waals surface area contributed by atoms with Gasteiger partial charge in [0.15, 0.2) is 0 Å². The molecule has 1 aliphatic heterocycles. The van der Waals surface area contributed by atoms with Crippen LogP contribution in [0.1, 0.15) is 19.4 Å². The summed E-state index contributed by atoms with van der Waals surface area (Å²) >= 11 is 5.76. The number of aliphatic hydroxyl groups is 1. The van der Waals surface area contributed by atoms with Crippen molar-refractivity contribution >= 4 is 23.4 Å². The van der Waals surface area contributed by atoms with Gasteiger partial charge in [-0.15, -0.1) is 0 Å². The molecule has 0 unspecified atom stereocenters. The number of benzene rings is 1. The number of nitrogens with zero attached hydrogens (tertiary/aromatic N) is 2. The Kier molecular flexibility index (Phi) is 5.26. The van der Waals surface area contributed by atoms with E-state index in [0.717, 1.165) is 0 Å². The standard InChI is InChI=1S/C16H20ClFN2O3/c1-16(2,12-4-3-11(17)9-13(12)18)15(23)20-7-5-19(6-8-20)14(22)10-21/h3-4,9,21H,5-8,10H2,1-2H3.